The highest BCUT2D eigenvalue weighted by Crippen LogP contribution is 2.47. The summed E-state index contributed by atoms with van der Waals surface area (Å²) >= 11 is 6.09. The summed E-state index contributed by atoms with van der Waals surface area (Å²) in [6.07, 6.45) is 3.81. The molecule has 1 aromatic heterocycles. The molecule has 0 bridgehead atoms. The number of benzene rings is 1. The summed E-state index contributed by atoms with van der Waals surface area (Å²) in [6.45, 7) is 4.72. The lowest BCUT2D eigenvalue weighted by Gasteiger charge is -2.30. The van der Waals surface area contributed by atoms with Crippen LogP contribution in [0.15, 0.2) is 24.3 Å². The molecule has 0 spiro atoms. The summed E-state index contributed by atoms with van der Waals surface area (Å²) in [5, 5.41) is 0. The molecular weight excluding hydrogens is 244 g/mol. The molecule has 1 unspecified atom stereocenters. The molecule has 1 aliphatic carbocycles. The number of hydrogen-bond acceptors (Lipinski definition) is 1. The third-order valence-corrected chi connectivity index (χ3v) is 4.54. The number of alkyl halides is 1. The highest BCUT2D eigenvalue weighted by Gasteiger charge is 2.37. The van der Waals surface area contributed by atoms with Crippen molar-refractivity contribution in [2.45, 2.75) is 45.0 Å². The summed E-state index contributed by atoms with van der Waals surface area (Å²) < 4.78 is 2.38. The maximum absolute atomic E-state index is 6.09. The molecule has 18 heavy (non-hydrogen) atoms. The topological polar surface area (TPSA) is 17.8 Å². The molecular formula is C15H19ClN2. The van der Waals surface area contributed by atoms with E-state index in [1.54, 1.807) is 0 Å². The second-order valence-electron chi connectivity index (χ2n) is 5.92. The minimum Gasteiger partial charge on any atom is -0.323 e. The van der Waals surface area contributed by atoms with Gasteiger partial charge in [0.15, 0.2) is 0 Å². The molecule has 1 heterocycles. The molecule has 0 saturated heterocycles. The Kier molecular flexibility index (Phi) is 2.86. The first-order valence-electron chi connectivity index (χ1n) is 6.65. The number of fused-ring (bicyclic) bond motifs is 1. The molecule has 1 saturated carbocycles. The molecule has 3 rings (SSSR count). The van der Waals surface area contributed by atoms with Crippen molar-refractivity contribution in [3.8, 4) is 0 Å². The molecule has 1 aromatic carbocycles. The lowest BCUT2D eigenvalue weighted by atomic mass is 9.87. The van der Waals surface area contributed by atoms with E-state index in [0.29, 0.717) is 17.3 Å². The van der Waals surface area contributed by atoms with Gasteiger partial charge in [-0.25, -0.2) is 4.98 Å². The minimum atomic E-state index is 0.338. The molecule has 1 atom stereocenters. The van der Waals surface area contributed by atoms with Gasteiger partial charge in [0.25, 0.3) is 0 Å². The number of halogens is 1. The van der Waals surface area contributed by atoms with E-state index in [9.17, 15) is 0 Å². The number of hydrogen-bond donors (Lipinski definition) is 0. The zero-order valence-electron chi connectivity index (χ0n) is 11.0. The number of nitrogens with zero attached hydrogens (tertiary/aromatic N) is 2. The first kappa shape index (κ1) is 12.0. The van der Waals surface area contributed by atoms with Gasteiger partial charge in [-0.15, -0.1) is 11.6 Å². The maximum Gasteiger partial charge on any atom is 0.125 e. The molecule has 2 aromatic rings. The van der Waals surface area contributed by atoms with Crippen LogP contribution in [0, 0.1) is 5.41 Å². The summed E-state index contributed by atoms with van der Waals surface area (Å²) in [4.78, 5) is 4.67. The van der Waals surface area contributed by atoms with Gasteiger partial charge in [-0.3, -0.25) is 0 Å². The fraction of sp³-hybridized carbons (Fsp3) is 0.533. The molecule has 0 N–H and O–H groups in total. The lowest BCUT2D eigenvalue weighted by molar-refractivity contribution is 0.262. The third-order valence-electron chi connectivity index (χ3n) is 4.30. The average molecular weight is 263 g/mol. The van der Waals surface area contributed by atoms with E-state index in [4.69, 9.17) is 11.6 Å². The Labute approximate surface area is 113 Å². The van der Waals surface area contributed by atoms with Crippen LogP contribution in [0.25, 0.3) is 11.0 Å². The first-order chi connectivity index (χ1) is 8.63. The van der Waals surface area contributed by atoms with Crippen molar-refractivity contribution in [3.63, 3.8) is 0 Å². The van der Waals surface area contributed by atoms with Gasteiger partial charge >= 0.3 is 0 Å². The summed E-state index contributed by atoms with van der Waals surface area (Å²) in [5.74, 6) is 1.50. The Morgan fingerprint density at radius 1 is 1.39 bits per heavy atom. The smallest absolute Gasteiger partial charge is 0.125 e. The first-order valence-corrected chi connectivity index (χ1v) is 7.19. The predicted molar refractivity (Wildman–Crippen MR) is 76.0 cm³/mol. The molecule has 0 radical (unpaired) electrons. The number of rotatable bonds is 2. The van der Waals surface area contributed by atoms with Crippen LogP contribution in [0.5, 0.6) is 0 Å². The van der Waals surface area contributed by atoms with Crippen molar-refractivity contribution in [1.82, 2.24) is 9.55 Å². The van der Waals surface area contributed by atoms with Crippen LogP contribution < -0.4 is 0 Å². The zero-order valence-corrected chi connectivity index (χ0v) is 11.7. The second kappa shape index (κ2) is 4.27. The number of aromatic nitrogens is 2. The van der Waals surface area contributed by atoms with Crippen molar-refractivity contribution in [3.05, 3.63) is 30.1 Å². The summed E-state index contributed by atoms with van der Waals surface area (Å²) in [5.41, 5.74) is 2.63. The van der Waals surface area contributed by atoms with E-state index in [1.807, 2.05) is 6.07 Å². The highest BCUT2D eigenvalue weighted by atomic mass is 35.5. The Morgan fingerprint density at radius 2 is 2.17 bits per heavy atom. The second-order valence-corrected chi connectivity index (χ2v) is 6.18. The number of imidazole rings is 1. The number of para-hydroxylation sites is 2. The normalized spacial score (nSPS) is 22.7. The summed E-state index contributed by atoms with van der Waals surface area (Å²) in [7, 11) is 0. The maximum atomic E-state index is 6.09. The van der Waals surface area contributed by atoms with Crippen LogP contribution >= 0.6 is 11.6 Å². The zero-order chi connectivity index (χ0) is 12.8. The van der Waals surface area contributed by atoms with Crippen molar-refractivity contribution in [2.24, 2.45) is 5.41 Å². The van der Waals surface area contributed by atoms with Gasteiger partial charge < -0.3 is 4.57 Å². The van der Waals surface area contributed by atoms with E-state index in [-0.39, 0.29) is 0 Å². The van der Waals surface area contributed by atoms with Crippen molar-refractivity contribution in [2.75, 3.05) is 0 Å². The van der Waals surface area contributed by atoms with Crippen LogP contribution in [-0.2, 0) is 5.88 Å². The van der Waals surface area contributed by atoms with Gasteiger partial charge in [0.05, 0.1) is 16.9 Å². The fourth-order valence-electron chi connectivity index (χ4n) is 3.32. The predicted octanol–water partition coefficient (Wildman–Crippen LogP) is 4.53. The monoisotopic (exact) mass is 262 g/mol. The van der Waals surface area contributed by atoms with E-state index >= 15 is 0 Å². The van der Waals surface area contributed by atoms with Gasteiger partial charge in [0, 0.05) is 6.04 Å². The van der Waals surface area contributed by atoms with Crippen LogP contribution in [-0.4, -0.2) is 9.55 Å². The van der Waals surface area contributed by atoms with Crippen molar-refractivity contribution in [1.29, 1.82) is 0 Å². The fourth-order valence-corrected chi connectivity index (χ4v) is 3.51. The van der Waals surface area contributed by atoms with Crippen LogP contribution in [0.2, 0.25) is 0 Å². The molecule has 3 heteroatoms. The van der Waals surface area contributed by atoms with Crippen LogP contribution in [0.1, 0.15) is 45.0 Å². The SMILES string of the molecule is CC1(C)CCCC1n1c(CCl)nc2ccccc21. The van der Waals surface area contributed by atoms with E-state index in [0.717, 1.165) is 11.3 Å². The molecule has 1 fully saturated rings. The Balaban J connectivity index is 2.21. The van der Waals surface area contributed by atoms with Crippen molar-refractivity contribution >= 4 is 22.6 Å². The summed E-state index contributed by atoms with van der Waals surface area (Å²) in [6, 6.07) is 8.88. The largest absolute Gasteiger partial charge is 0.323 e. The van der Waals surface area contributed by atoms with Crippen molar-refractivity contribution < 1.29 is 0 Å². The van der Waals surface area contributed by atoms with E-state index in [2.05, 4.69) is 41.6 Å². The Hall–Kier alpha value is -1.02. The molecule has 0 aliphatic heterocycles. The molecule has 2 nitrogen and oxygen atoms in total. The quantitative estimate of drug-likeness (QED) is 0.728. The molecule has 96 valence electrons. The lowest BCUT2D eigenvalue weighted by Crippen LogP contribution is -2.22. The van der Waals surface area contributed by atoms with Gasteiger partial charge in [0.2, 0.25) is 0 Å². The van der Waals surface area contributed by atoms with Gasteiger partial charge in [0.1, 0.15) is 5.82 Å². The molecule has 0 amide bonds. The van der Waals surface area contributed by atoms with Gasteiger partial charge in [-0.05, 0) is 30.4 Å². The van der Waals surface area contributed by atoms with Gasteiger partial charge in [-0.1, -0.05) is 32.4 Å². The van der Waals surface area contributed by atoms with E-state index in [1.165, 1.54) is 24.8 Å². The highest BCUT2D eigenvalue weighted by molar-refractivity contribution is 6.16. The minimum absolute atomic E-state index is 0.338. The van der Waals surface area contributed by atoms with Crippen LogP contribution in [0.3, 0.4) is 0 Å². The van der Waals surface area contributed by atoms with E-state index < -0.39 is 0 Å². The standard InChI is InChI=1S/C15H19ClN2/c1-15(2)9-5-8-13(15)18-12-7-4-3-6-11(12)17-14(18)10-16/h3-4,6-7,13H,5,8-10H2,1-2H3. The third kappa shape index (κ3) is 1.74. The Bertz CT molecular complexity index is 571. The molecule has 1 aliphatic rings. The van der Waals surface area contributed by atoms with Gasteiger partial charge in [-0.2, -0.15) is 0 Å². The Morgan fingerprint density at radius 3 is 2.83 bits per heavy atom. The average Bonchev–Trinajstić information content (AvgIpc) is 2.88. The van der Waals surface area contributed by atoms with Crippen LogP contribution in [0.4, 0.5) is 0 Å².